The van der Waals surface area contributed by atoms with Crippen LogP contribution in [-0.2, 0) is 13.1 Å². The van der Waals surface area contributed by atoms with Crippen LogP contribution in [0.1, 0.15) is 17.4 Å². The molecule has 3 rings (SSSR count). The highest BCUT2D eigenvalue weighted by Crippen LogP contribution is 2.25. The lowest BCUT2D eigenvalue weighted by Gasteiger charge is -2.06. The lowest BCUT2D eigenvalue weighted by Crippen LogP contribution is -2.11. The molecule has 4 heteroatoms. The van der Waals surface area contributed by atoms with E-state index in [9.17, 15) is 0 Å². The van der Waals surface area contributed by atoms with E-state index < -0.39 is 0 Å². The predicted octanol–water partition coefficient (Wildman–Crippen LogP) is 4.62. The molecule has 1 N–H and O–H groups in total. The molecule has 2 aromatic heterocycles. The van der Waals surface area contributed by atoms with Gasteiger partial charge in [0.15, 0.2) is 0 Å². The number of rotatable bonds is 5. The molecule has 0 amide bonds. The molecule has 20 heavy (non-hydrogen) atoms. The topological polar surface area (TPSA) is 17.0 Å². The molecule has 2 nitrogen and oxygen atoms in total. The summed E-state index contributed by atoms with van der Waals surface area (Å²) in [7, 11) is 0. The molecule has 2 heterocycles. The number of nitrogens with zero attached hydrogens (tertiary/aromatic N) is 1. The Kier molecular flexibility index (Phi) is 4.24. The van der Waals surface area contributed by atoms with Gasteiger partial charge in [-0.1, -0.05) is 19.1 Å². The lowest BCUT2D eigenvalue weighted by molar-refractivity contribution is 0.727. The van der Waals surface area contributed by atoms with Gasteiger partial charge in [-0.25, -0.2) is 0 Å². The summed E-state index contributed by atoms with van der Waals surface area (Å²) in [5.41, 5.74) is 2.65. The first kappa shape index (κ1) is 13.9. The van der Waals surface area contributed by atoms with E-state index in [1.165, 1.54) is 25.1 Å². The Morgan fingerprint density at radius 3 is 2.85 bits per heavy atom. The van der Waals surface area contributed by atoms with E-state index >= 15 is 0 Å². The highest BCUT2D eigenvalue weighted by atomic mass is 79.9. The molecule has 0 aliphatic heterocycles. The van der Waals surface area contributed by atoms with Gasteiger partial charge in [0, 0.05) is 23.1 Å². The minimum absolute atomic E-state index is 0.933. The second-order valence-corrected chi connectivity index (χ2v) is 7.37. The first-order valence-corrected chi connectivity index (χ1v) is 8.40. The third-order valence-corrected chi connectivity index (χ3v) is 4.98. The fourth-order valence-corrected chi connectivity index (χ4v) is 3.83. The number of thiophene rings is 1. The first-order chi connectivity index (χ1) is 9.76. The molecule has 0 aliphatic carbocycles. The van der Waals surface area contributed by atoms with Gasteiger partial charge in [0.1, 0.15) is 0 Å². The molecule has 0 spiro atoms. The largest absolute Gasteiger partial charge is 0.342 e. The summed E-state index contributed by atoms with van der Waals surface area (Å²) >= 11 is 5.32. The zero-order chi connectivity index (χ0) is 13.9. The van der Waals surface area contributed by atoms with Crippen LogP contribution in [0.3, 0.4) is 0 Å². The standard InChI is InChI=1S/C16H17BrN2S/c1-2-18-10-12-3-4-13-7-8-19(15(13)9-12)11-14-5-6-16(17)20-14/h3-9,18H,2,10-11H2,1H3. The van der Waals surface area contributed by atoms with Gasteiger partial charge in [0.25, 0.3) is 0 Å². The Morgan fingerprint density at radius 2 is 2.10 bits per heavy atom. The minimum atomic E-state index is 0.933. The third kappa shape index (κ3) is 2.97. The van der Waals surface area contributed by atoms with Crippen molar-refractivity contribution in [3.63, 3.8) is 0 Å². The van der Waals surface area contributed by atoms with Crippen LogP contribution < -0.4 is 5.32 Å². The molecule has 0 bridgehead atoms. The fraction of sp³-hybridized carbons (Fsp3) is 0.250. The third-order valence-electron chi connectivity index (χ3n) is 3.37. The first-order valence-electron chi connectivity index (χ1n) is 6.79. The van der Waals surface area contributed by atoms with Crippen LogP contribution in [-0.4, -0.2) is 11.1 Å². The summed E-state index contributed by atoms with van der Waals surface area (Å²) in [5, 5.41) is 4.69. The maximum Gasteiger partial charge on any atom is 0.0702 e. The second-order valence-electron chi connectivity index (χ2n) is 4.82. The van der Waals surface area contributed by atoms with Crippen LogP contribution in [0, 0.1) is 0 Å². The van der Waals surface area contributed by atoms with E-state index in [4.69, 9.17) is 0 Å². The Morgan fingerprint density at radius 1 is 1.20 bits per heavy atom. The molecular formula is C16H17BrN2S. The molecule has 104 valence electrons. The van der Waals surface area contributed by atoms with Gasteiger partial charge < -0.3 is 9.88 Å². The minimum Gasteiger partial charge on any atom is -0.342 e. The number of fused-ring (bicyclic) bond motifs is 1. The monoisotopic (exact) mass is 348 g/mol. The molecule has 0 radical (unpaired) electrons. The average molecular weight is 349 g/mol. The van der Waals surface area contributed by atoms with E-state index in [0.29, 0.717) is 0 Å². The zero-order valence-corrected chi connectivity index (χ0v) is 13.8. The molecule has 0 saturated carbocycles. The van der Waals surface area contributed by atoms with Crippen LogP contribution in [0.4, 0.5) is 0 Å². The summed E-state index contributed by atoms with van der Waals surface area (Å²) in [6.07, 6.45) is 2.18. The normalized spacial score (nSPS) is 11.3. The van der Waals surface area contributed by atoms with Crippen molar-refractivity contribution in [3.05, 3.63) is 56.8 Å². The van der Waals surface area contributed by atoms with Crippen LogP contribution >= 0.6 is 27.3 Å². The van der Waals surface area contributed by atoms with E-state index in [-0.39, 0.29) is 0 Å². The van der Waals surface area contributed by atoms with Crippen molar-refractivity contribution in [2.45, 2.75) is 20.0 Å². The number of hydrogen-bond acceptors (Lipinski definition) is 2. The number of nitrogens with one attached hydrogen (secondary N) is 1. The van der Waals surface area contributed by atoms with E-state index in [2.05, 4.69) is 75.3 Å². The van der Waals surface area contributed by atoms with E-state index in [1.54, 1.807) is 11.3 Å². The SMILES string of the molecule is CCNCc1ccc2ccn(Cc3ccc(Br)s3)c2c1. The van der Waals surface area contributed by atoms with Crippen molar-refractivity contribution in [1.82, 2.24) is 9.88 Å². The Hall–Kier alpha value is -1.10. The number of benzene rings is 1. The summed E-state index contributed by atoms with van der Waals surface area (Å²) < 4.78 is 3.51. The van der Waals surface area contributed by atoms with Crippen molar-refractivity contribution < 1.29 is 0 Å². The van der Waals surface area contributed by atoms with Gasteiger partial charge in [0.2, 0.25) is 0 Å². The number of hydrogen-bond donors (Lipinski definition) is 1. The summed E-state index contributed by atoms with van der Waals surface area (Å²) in [4.78, 5) is 1.37. The predicted molar refractivity (Wildman–Crippen MR) is 90.4 cm³/mol. The van der Waals surface area contributed by atoms with Crippen molar-refractivity contribution >= 4 is 38.2 Å². The van der Waals surface area contributed by atoms with Gasteiger partial charge in [-0.05, 0) is 57.7 Å². The maximum atomic E-state index is 3.53. The van der Waals surface area contributed by atoms with Gasteiger partial charge in [-0.3, -0.25) is 0 Å². The van der Waals surface area contributed by atoms with Crippen LogP contribution in [0.2, 0.25) is 0 Å². The maximum absolute atomic E-state index is 3.53. The summed E-state index contributed by atoms with van der Waals surface area (Å²) in [5.74, 6) is 0. The second kappa shape index (κ2) is 6.12. The van der Waals surface area contributed by atoms with Crippen molar-refractivity contribution in [2.24, 2.45) is 0 Å². The average Bonchev–Trinajstić information content (AvgIpc) is 3.04. The van der Waals surface area contributed by atoms with E-state index in [1.807, 2.05) is 0 Å². The Bertz CT molecular complexity index is 714. The molecule has 0 fully saturated rings. The highest BCUT2D eigenvalue weighted by Gasteiger charge is 2.05. The van der Waals surface area contributed by atoms with Crippen LogP contribution in [0.25, 0.3) is 10.9 Å². The van der Waals surface area contributed by atoms with Gasteiger partial charge >= 0.3 is 0 Å². The van der Waals surface area contributed by atoms with Gasteiger partial charge in [-0.2, -0.15) is 0 Å². The summed E-state index contributed by atoms with van der Waals surface area (Å²) in [6, 6.07) is 13.2. The smallest absolute Gasteiger partial charge is 0.0702 e. The molecule has 0 atom stereocenters. The number of aromatic nitrogens is 1. The number of halogens is 1. The quantitative estimate of drug-likeness (QED) is 0.711. The highest BCUT2D eigenvalue weighted by molar-refractivity contribution is 9.11. The molecule has 0 aliphatic rings. The zero-order valence-electron chi connectivity index (χ0n) is 11.4. The molecule has 0 unspecified atom stereocenters. The van der Waals surface area contributed by atoms with Gasteiger partial charge in [-0.15, -0.1) is 11.3 Å². The molecule has 0 saturated heterocycles. The molecule has 3 aromatic rings. The fourth-order valence-electron chi connectivity index (χ4n) is 2.35. The summed E-state index contributed by atoms with van der Waals surface area (Å²) in [6.45, 7) is 5.00. The van der Waals surface area contributed by atoms with Crippen molar-refractivity contribution in [3.8, 4) is 0 Å². The van der Waals surface area contributed by atoms with E-state index in [0.717, 1.165) is 19.6 Å². The molecular weight excluding hydrogens is 332 g/mol. The Balaban J connectivity index is 1.90. The Labute approximate surface area is 131 Å². The van der Waals surface area contributed by atoms with Crippen LogP contribution in [0.15, 0.2) is 46.4 Å². The van der Waals surface area contributed by atoms with Gasteiger partial charge in [0.05, 0.1) is 10.3 Å². The van der Waals surface area contributed by atoms with Crippen molar-refractivity contribution in [2.75, 3.05) is 6.54 Å². The van der Waals surface area contributed by atoms with Crippen molar-refractivity contribution in [1.29, 1.82) is 0 Å². The lowest BCUT2D eigenvalue weighted by atomic mass is 10.1. The van der Waals surface area contributed by atoms with Crippen LogP contribution in [0.5, 0.6) is 0 Å². The molecule has 1 aromatic carbocycles.